The molecule has 0 heterocycles. The molecular weight excluding hydrogens is 172 g/mol. The fraction of sp³-hybridized carbons (Fsp3) is 0.333. The molecule has 0 radical (unpaired) electrons. The van der Waals surface area contributed by atoms with E-state index in [0.717, 1.165) is 0 Å². The molecule has 0 spiro atoms. The third-order valence-corrected chi connectivity index (χ3v) is 0.214. The van der Waals surface area contributed by atoms with Gasteiger partial charge in [-0.2, -0.15) is 0 Å². The molecule has 0 bridgehead atoms. The maximum Gasteiger partial charge on any atom is 2.00 e. The Morgan fingerprint density at radius 2 is 1.86 bits per heavy atom. The molecular formula is C3H5BrMgO2. The Kier molecular flexibility index (Phi) is 22.1. The number of halogens is 1. The maximum atomic E-state index is 9.31. The summed E-state index contributed by atoms with van der Waals surface area (Å²) in [6, 6.07) is 0. The van der Waals surface area contributed by atoms with E-state index < -0.39 is 5.97 Å². The SMILES string of the molecule is [Br-].[CH2-]CC(=O)O.[Mg+2]. The van der Waals surface area contributed by atoms with Crippen LogP contribution in [0.15, 0.2) is 0 Å². The van der Waals surface area contributed by atoms with E-state index in [1.165, 1.54) is 0 Å². The number of aliphatic carboxylic acids is 1. The van der Waals surface area contributed by atoms with E-state index in [-0.39, 0.29) is 46.5 Å². The monoisotopic (exact) mass is 176 g/mol. The van der Waals surface area contributed by atoms with Gasteiger partial charge in [0.2, 0.25) is 0 Å². The van der Waals surface area contributed by atoms with Crippen molar-refractivity contribution in [2.75, 3.05) is 0 Å². The van der Waals surface area contributed by atoms with E-state index in [0.29, 0.717) is 0 Å². The molecule has 0 saturated heterocycles. The van der Waals surface area contributed by atoms with Crippen molar-refractivity contribution in [3.05, 3.63) is 6.92 Å². The fourth-order valence-corrected chi connectivity index (χ4v) is 0. The molecule has 0 rings (SSSR count). The molecule has 0 amide bonds. The fourth-order valence-electron chi connectivity index (χ4n) is 0. The van der Waals surface area contributed by atoms with Gasteiger partial charge in [0.1, 0.15) is 0 Å². The topological polar surface area (TPSA) is 37.3 Å². The Morgan fingerprint density at radius 3 is 1.86 bits per heavy atom. The summed E-state index contributed by atoms with van der Waals surface area (Å²) in [7, 11) is 0. The zero-order valence-corrected chi connectivity index (χ0v) is 6.85. The van der Waals surface area contributed by atoms with Gasteiger partial charge in [-0.25, -0.2) is 0 Å². The van der Waals surface area contributed by atoms with Crippen LogP contribution in [0.1, 0.15) is 6.42 Å². The predicted molar refractivity (Wildman–Crippen MR) is 23.4 cm³/mol. The Morgan fingerprint density at radius 1 is 1.71 bits per heavy atom. The molecule has 1 N–H and O–H groups in total. The van der Waals surface area contributed by atoms with E-state index in [4.69, 9.17) is 5.11 Å². The van der Waals surface area contributed by atoms with E-state index in [1.54, 1.807) is 0 Å². The van der Waals surface area contributed by atoms with Crippen molar-refractivity contribution in [3.63, 3.8) is 0 Å². The van der Waals surface area contributed by atoms with Gasteiger partial charge in [-0.1, -0.05) is 6.42 Å². The maximum absolute atomic E-state index is 9.31. The Bertz CT molecular complexity index is 48.2. The molecule has 0 aliphatic heterocycles. The molecule has 0 aliphatic rings. The average molecular weight is 177 g/mol. The molecule has 0 saturated carbocycles. The van der Waals surface area contributed by atoms with Gasteiger partial charge < -0.3 is 29.0 Å². The van der Waals surface area contributed by atoms with Crippen LogP contribution < -0.4 is 17.0 Å². The van der Waals surface area contributed by atoms with Crippen molar-refractivity contribution < 1.29 is 26.9 Å². The largest absolute Gasteiger partial charge is 2.00 e. The first-order valence-electron chi connectivity index (χ1n) is 1.28. The van der Waals surface area contributed by atoms with Gasteiger partial charge in [-0.05, 0) is 0 Å². The first kappa shape index (κ1) is 15.6. The van der Waals surface area contributed by atoms with Crippen LogP contribution in [-0.2, 0) is 4.79 Å². The standard InChI is InChI=1S/C3H5O2.BrH.Mg/c1-2-3(4)5;;/h1-2H2,(H,4,5);1H;/q-1;;+2/p-1. The van der Waals surface area contributed by atoms with Gasteiger partial charge in [-0.15, -0.1) is 0 Å². The van der Waals surface area contributed by atoms with E-state index in [1.807, 2.05) is 0 Å². The Labute approximate surface area is 69.2 Å². The first-order chi connectivity index (χ1) is 2.27. The van der Waals surface area contributed by atoms with Gasteiger partial charge in [0, 0.05) is 0 Å². The predicted octanol–water partition coefficient (Wildman–Crippen LogP) is -3.08. The number of carboxylic acids is 1. The summed E-state index contributed by atoms with van der Waals surface area (Å²) in [6.07, 6.45) is -0.0278. The van der Waals surface area contributed by atoms with Crippen molar-refractivity contribution >= 4 is 29.0 Å². The zero-order chi connectivity index (χ0) is 4.28. The second kappa shape index (κ2) is 9.87. The van der Waals surface area contributed by atoms with Crippen molar-refractivity contribution in [3.8, 4) is 0 Å². The molecule has 0 fully saturated rings. The van der Waals surface area contributed by atoms with Crippen LogP contribution in [0.2, 0.25) is 0 Å². The quantitative estimate of drug-likeness (QED) is 0.341. The molecule has 0 aromatic carbocycles. The van der Waals surface area contributed by atoms with Crippen molar-refractivity contribution in [2.24, 2.45) is 0 Å². The van der Waals surface area contributed by atoms with Crippen LogP contribution in [0.3, 0.4) is 0 Å². The summed E-state index contributed by atoms with van der Waals surface area (Å²) in [5.74, 6) is -0.856. The summed E-state index contributed by atoms with van der Waals surface area (Å²) in [4.78, 5) is 9.31. The zero-order valence-electron chi connectivity index (χ0n) is 3.85. The molecule has 38 valence electrons. The third kappa shape index (κ3) is 20.2. The van der Waals surface area contributed by atoms with Crippen LogP contribution in [0.25, 0.3) is 0 Å². The van der Waals surface area contributed by atoms with Gasteiger partial charge in [0.25, 0.3) is 5.97 Å². The van der Waals surface area contributed by atoms with Crippen LogP contribution in [-0.4, -0.2) is 34.1 Å². The van der Waals surface area contributed by atoms with Gasteiger partial charge >= 0.3 is 23.1 Å². The van der Waals surface area contributed by atoms with Crippen LogP contribution in [0.4, 0.5) is 0 Å². The summed E-state index contributed by atoms with van der Waals surface area (Å²) in [5.41, 5.74) is 0. The summed E-state index contributed by atoms with van der Waals surface area (Å²) < 4.78 is 0. The summed E-state index contributed by atoms with van der Waals surface area (Å²) in [6.45, 7) is 3.09. The second-order valence-electron chi connectivity index (χ2n) is 0.644. The minimum atomic E-state index is -0.856. The molecule has 0 aromatic heterocycles. The van der Waals surface area contributed by atoms with Gasteiger partial charge in [0.15, 0.2) is 0 Å². The third-order valence-electron chi connectivity index (χ3n) is 0.214. The number of carbonyl (C=O) groups is 1. The molecule has 4 heteroatoms. The summed E-state index contributed by atoms with van der Waals surface area (Å²) >= 11 is 0. The van der Waals surface area contributed by atoms with E-state index in [2.05, 4.69) is 6.92 Å². The van der Waals surface area contributed by atoms with Crippen LogP contribution in [0.5, 0.6) is 0 Å². The number of rotatable bonds is 1. The molecule has 0 unspecified atom stereocenters. The summed E-state index contributed by atoms with van der Waals surface area (Å²) in [5, 5.41) is 7.66. The van der Waals surface area contributed by atoms with E-state index >= 15 is 0 Å². The van der Waals surface area contributed by atoms with Crippen molar-refractivity contribution in [2.45, 2.75) is 6.42 Å². The van der Waals surface area contributed by atoms with Crippen LogP contribution in [0, 0.1) is 6.92 Å². The van der Waals surface area contributed by atoms with Gasteiger partial charge in [0.05, 0.1) is 0 Å². The van der Waals surface area contributed by atoms with Crippen molar-refractivity contribution in [1.29, 1.82) is 0 Å². The molecule has 2 nitrogen and oxygen atoms in total. The Hall–Kier alpha value is 0.716. The van der Waals surface area contributed by atoms with Crippen LogP contribution >= 0.6 is 0 Å². The number of carboxylic acid groups (broad SMARTS) is 1. The molecule has 0 aliphatic carbocycles. The van der Waals surface area contributed by atoms with E-state index in [9.17, 15) is 4.79 Å². The molecule has 7 heavy (non-hydrogen) atoms. The normalized spacial score (nSPS) is 5.29. The van der Waals surface area contributed by atoms with Crippen molar-refractivity contribution in [1.82, 2.24) is 0 Å². The number of hydrogen-bond donors (Lipinski definition) is 1. The minimum absolute atomic E-state index is 0. The van der Waals surface area contributed by atoms with Gasteiger partial charge in [-0.3, -0.25) is 4.79 Å². The number of hydrogen-bond acceptors (Lipinski definition) is 1. The Balaban J connectivity index is -0.0000000800. The second-order valence-corrected chi connectivity index (χ2v) is 0.644. The smallest absolute Gasteiger partial charge is 1.00 e. The first-order valence-corrected chi connectivity index (χ1v) is 1.28. The average Bonchev–Trinajstić information content (AvgIpc) is 1.38. The molecule has 0 atom stereocenters. The molecule has 0 aromatic rings. The minimum Gasteiger partial charge on any atom is -1.00 e.